The fraction of sp³-hybridized carbons (Fsp3) is 1.00. The van der Waals surface area contributed by atoms with Crippen LogP contribution in [0.25, 0.3) is 0 Å². The lowest BCUT2D eigenvalue weighted by Crippen LogP contribution is -2.23. The van der Waals surface area contributed by atoms with Crippen LogP contribution in [0.1, 0.15) is 26.7 Å². The van der Waals surface area contributed by atoms with Crippen molar-refractivity contribution in [2.75, 3.05) is 19.6 Å². The zero-order chi connectivity index (χ0) is 8.53. The minimum absolute atomic E-state index is 0.190. The van der Waals surface area contributed by atoms with Crippen LogP contribution in [0.3, 0.4) is 0 Å². The summed E-state index contributed by atoms with van der Waals surface area (Å²) in [6, 6.07) is 1.31. The highest BCUT2D eigenvalue weighted by Gasteiger charge is 1.96. The van der Waals surface area contributed by atoms with Gasteiger partial charge in [0.1, 0.15) is 8.83 Å². The summed E-state index contributed by atoms with van der Waals surface area (Å²) in [5.41, 5.74) is 0. The number of halogens is 1. The van der Waals surface area contributed by atoms with Gasteiger partial charge in [0.15, 0.2) is 0 Å². The van der Waals surface area contributed by atoms with Crippen LogP contribution in [0.4, 0.5) is 0 Å². The molecule has 0 bridgehead atoms. The maximum Gasteiger partial charge on any atom is 0.125 e. The minimum atomic E-state index is -0.190. The molecule has 0 amide bonds. The van der Waals surface area contributed by atoms with Gasteiger partial charge in [-0.2, -0.15) is 11.1 Å². The average Bonchev–Trinajstić information content (AvgIpc) is 2.05. The third-order valence-electron chi connectivity index (χ3n) is 2.00. The number of hydrogen-bond donors (Lipinski definition) is 0. The van der Waals surface area contributed by atoms with Gasteiger partial charge in [0.05, 0.1) is 0 Å². The third kappa shape index (κ3) is 6.85. The molecule has 0 aliphatic heterocycles. The first-order valence-electron chi connectivity index (χ1n) is 4.63. The topological polar surface area (TPSA) is 3.24 Å². The highest BCUT2D eigenvalue weighted by molar-refractivity contribution is 6.93. The first-order chi connectivity index (χ1) is 5.35. The van der Waals surface area contributed by atoms with E-state index in [0.29, 0.717) is 0 Å². The van der Waals surface area contributed by atoms with Gasteiger partial charge in [0.25, 0.3) is 0 Å². The number of unbranched alkanes of at least 4 members (excludes halogenated alkanes) is 1. The molecule has 0 aliphatic rings. The SMILES string of the molecule is CCN(CC)CCCC[SiH2]Cl. The molecule has 0 aromatic carbocycles. The molecule has 0 aliphatic carbocycles. The van der Waals surface area contributed by atoms with E-state index in [0.717, 1.165) is 0 Å². The van der Waals surface area contributed by atoms with E-state index in [1.54, 1.807) is 0 Å². The van der Waals surface area contributed by atoms with E-state index >= 15 is 0 Å². The second kappa shape index (κ2) is 8.56. The second-order valence-corrected chi connectivity index (χ2v) is 5.00. The lowest BCUT2D eigenvalue weighted by atomic mass is 10.3. The van der Waals surface area contributed by atoms with E-state index in [1.165, 1.54) is 38.5 Å². The third-order valence-corrected chi connectivity index (χ3v) is 3.57. The van der Waals surface area contributed by atoms with Crippen LogP contribution in [0.15, 0.2) is 0 Å². The molecule has 0 saturated heterocycles. The van der Waals surface area contributed by atoms with Crippen LogP contribution >= 0.6 is 11.1 Å². The Morgan fingerprint density at radius 2 is 1.82 bits per heavy atom. The van der Waals surface area contributed by atoms with Gasteiger partial charge in [0.2, 0.25) is 0 Å². The van der Waals surface area contributed by atoms with E-state index < -0.39 is 0 Å². The quantitative estimate of drug-likeness (QED) is 0.339. The lowest BCUT2D eigenvalue weighted by Gasteiger charge is -2.17. The molecule has 0 saturated carbocycles. The van der Waals surface area contributed by atoms with Crippen molar-refractivity contribution >= 4 is 19.9 Å². The Balaban J connectivity index is 3.07. The largest absolute Gasteiger partial charge is 0.304 e. The molecule has 0 atom stereocenters. The summed E-state index contributed by atoms with van der Waals surface area (Å²) in [7, 11) is -0.190. The predicted molar refractivity (Wildman–Crippen MR) is 56.2 cm³/mol. The van der Waals surface area contributed by atoms with E-state index in [2.05, 4.69) is 18.7 Å². The molecule has 0 heterocycles. The van der Waals surface area contributed by atoms with Crippen molar-refractivity contribution < 1.29 is 0 Å². The Morgan fingerprint density at radius 3 is 2.27 bits per heavy atom. The van der Waals surface area contributed by atoms with Crippen molar-refractivity contribution in [2.45, 2.75) is 32.7 Å². The van der Waals surface area contributed by atoms with Crippen LogP contribution in [0.2, 0.25) is 6.04 Å². The molecule has 0 fully saturated rings. The molecule has 0 aromatic heterocycles. The summed E-state index contributed by atoms with van der Waals surface area (Å²) in [6.45, 7) is 8.08. The average molecular weight is 194 g/mol. The number of nitrogens with zero attached hydrogens (tertiary/aromatic N) is 1. The zero-order valence-corrected chi connectivity index (χ0v) is 9.95. The van der Waals surface area contributed by atoms with Gasteiger partial charge in [-0.1, -0.05) is 20.3 Å². The van der Waals surface area contributed by atoms with Crippen molar-refractivity contribution in [1.29, 1.82) is 0 Å². The van der Waals surface area contributed by atoms with Gasteiger partial charge in [-0.15, -0.1) is 0 Å². The minimum Gasteiger partial charge on any atom is -0.304 e. The summed E-state index contributed by atoms with van der Waals surface area (Å²) in [5.74, 6) is 0. The van der Waals surface area contributed by atoms with Gasteiger partial charge >= 0.3 is 0 Å². The first kappa shape index (κ1) is 11.5. The van der Waals surface area contributed by atoms with Crippen LogP contribution < -0.4 is 0 Å². The monoisotopic (exact) mass is 193 g/mol. The zero-order valence-electron chi connectivity index (χ0n) is 7.77. The Kier molecular flexibility index (Phi) is 8.93. The van der Waals surface area contributed by atoms with E-state index in [-0.39, 0.29) is 8.83 Å². The molecular formula is C8H20ClNSi. The Labute approximate surface area is 77.6 Å². The molecule has 0 aromatic rings. The molecule has 68 valence electrons. The molecular weight excluding hydrogens is 174 g/mol. The maximum absolute atomic E-state index is 5.71. The first-order valence-corrected chi connectivity index (χ1v) is 7.77. The Morgan fingerprint density at radius 1 is 1.18 bits per heavy atom. The van der Waals surface area contributed by atoms with Crippen molar-refractivity contribution in [2.24, 2.45) is 0 Å². The van der Waals surface area contributed by atoms with Crippen molar-refractivity contribution in [1.82, 2.24) is 4.90 Å². The van der Waals surface area contributed by atoms with Crippen LogP contribution in [0, 0.1) is 0 Å². The molecule has 0 unspecified atom stereocenters. The van der Waals surface area contributed by atoms with Crippen molar-refractivity contribution in [3.05, 3.63) is 0 Å². The molecule has 0 radical (unpaired) electrons. The second-order valence-electron chi connectivity index (χ2n) is 2.78. The normalized spacial score (nSPS) is 12.0. The van der Waals surface area contributed by atoms with Gasteiger partial charge in [-0.25, -0.2) is 0 Å². The summed E-state index contributed by atoms with van der Waals surface area (Å²) in [5, 5.41) is 0. The molecule has 1 nitrogen and oxygen atoms in total. The van der Waals surface area contributed by atoms with Gasteiger partial charge < -0.3 is 4.90 Å². The molecule has 3 heteroatoms. The van der Waals surface area contributed by atoms with Crippen LogP contribution in [-0.2, 0) is 0 Å². The fourth-order valence-corrected chi connectivity index (χ4v) is 2.26. The van der Waals surface area contributed by atoms with E-state index in [1.807, 2.05) is 0 Å². The van der Waals surface area contributed by atoms with Crippen molar-refractivity contribution in [3.8, 4) is 0 Å². The van der Waals surface area contributed by atoms with Crippen LogP contribution in [-0.4, -0.2) is 33.4 Å². The highest BCUT2D eigenvalue weighted by Crippen LogP contribution is 1.99. The highest BCUT2D eigenvalue weighted by atomic mass is 35.6. The summed E-state index contributed by atoms with van der Waals surface area (Å²) in [4.78, 5) is 2.47. The Hall–Kier alpha value is 0.467. The summed E-state index contributed by atoms with van der Waals surface area (Å²) >= 11 is 5.71. The van der Waals surface area contributed by atoms with Gasteiger partial charge in [-0.05, 0) is 32.1 Å². The van der Waals surface area contributed by atoms with Crippen molar-refractivity contribution in [3.63, 3.8) is 0 Å². The predicted octanol–water partition coefficient (Wildman–Crippen LogP) is 1.85. The summed E-state index contributed by atoms with van der Waals surface area (Å²) < 4.78 is 0. The Bertz CT molecular complexity index is 76.5. The molecule has 0 rings (SSSR count). The standard InChI is InChI=1S/C8H20ClNSi/c1-3-10(4-2)7-5-6-8-11-9/h3-8,11H2,1-2H3. The number of hydrogen-bond acceptors (Lipinski definition) is 1. The van der Waals surface area contributed by atoms with E-state index in [4.69, 9.17) is 11.1 Å². The molecule has 0 spiro atoms. The maximum atomic E-state index is 5.71. The summed E-state index contributed by atoms with van der Waals surface area (Å²) in [6.07, 6.45) is 2.67. The molecule has 0 N–H and O–H groups in total. The lowest BCUT2D eigenvalue weighted by molar-refractivity contribution is 0.299. The fourth-order valence-electron chi connectivity index (χ4n) is 1.15. The van der Waals surface area contributed by atoms with Gasteiger partial charge in [0, 0.05) is 0 Å². The molecule has 11 heavy (non-hydrogen) atoms. The smallest absolute Gasteiger partial charge is 0.125 e. The van der Waals surface area contributed by atoms with Gasteiger partial charge in [-0.3, -0.25) is 0 Å². The number of rotatable bonds is 7. The van der Waals surface area contributed by atoms with E-state index in [9.17, 15) is 0 Å². The van der Waals surface area contributed by atoms with Crippen LogP contribution in [0.5, 0.6) is 0 Å².